The fourth-order valence-electron chi connectivity index (χ4n) is 3.30. The van der Waals surface area contributed by atoms with Crippen molar-refractivity contribution < 1.29 is 9.59 Å². The SMILES string of the molecule is [N-]=[N+]=NCCCCCCNC(=O)CCCC[C@@H]1SC[C@H]2NC(=O)N[C@@H]12. The van der Waals surface area contributed by atoms with Crippen molar-refractivity contribution in [1.29, 1.82) is 0 Å². The number of hydrogen-bond donors (Lipinski definition) is 3. The number of unbranched alkanes of at least 4 members (excludes halogenated alkanes) is 4. The first-order valence-corrected chi connectivity index (χ1v) is 10.2. The molecule has 0 radical (unpaired) electrons. The Hall–Kier alpha value is -1.60. The highest BCUT2D eigenvalue weighted by atomic mass is 32.2. The van der Waals surface area contributed by atoms with Crippen molar-refractivity contribution in [2.45, 2.75) is 68.7 Å². The Labute approximate surface area is 152 Å². The molecule has 0 aromatic heterocycles. The quantitative estimate of drug-likeness (QED) is 0.161. The summed E-state index contributed by atoms with van der Waals surface area (Å²) in [6, 6.07) is 0.486. The molecule has 0 saturated carbocycles. The molecule has 25 heavy (non-hydrogen) atoms. The lowest BCUT2D eigenvalue weighted by Crippen LogP contribution is -2.36. The second-order valence-corrected chi connectivity index (χ2v) is 7.86. The summed E-state index contributed by atoms with van der Waals surface area (Å²) in [6.07, 6.45) is 7.49. The van der Waals surface area contributed by atoms with Gasteiger partial charge in [-0.3, -0.25) is 4.79 Å². The van der Waals surface area contributed by atoms with Gasteiger partial charge in [0.05, 0.1) is 12.1 Å². The maximum Gasteiger partial charge on any atom is 0.315 e. The molecule has 2 fully saturated rings. The third kappa shape index (κ3) is 7.04. The van der Waals surface area contributed by atoms with Gasteiger partial charge in [0.1, 0.15) is 0 Å². The molecule has 2 saturated heterocycles. The largest absolute Gasteiger partial charge is 0.356 e. The molecule has 9 heteroatoms. The van der Waals surface area contributed by atoms with E-state index in [4.69, 9.17) is 5.53 Å². The number of azide groups is 1. The third-order valence-corrected chi connectivity index (χ3v) is 6.16. The monoisotopic (exact) mass is 368 g/mol. The van der Waals surface area contributed by atoms with Crippen LogP contribution in [0.1, 0.15) is 51.4 Å². The van der Waals surface area contributed by atoms with Gasteiger partial charge in [0.15, 0.2) is 0 Å². The molecule has 0 bridgehead atoms. The summed E-state index contributed by atoms with van der Waals surface area (Å²) in [4.78, 5) is 25.8. The molecule has 140 valence electrons. The van der Waals surface area contributed by atoms with Crippen LogP contribution < -0.4 is 16.0 Å². The smallest absolute Gasteiger partial charge is 0.315 e. The minimum absolute atomic E-state index is 0.0440. The number of nitrogens with one attached hydrogen (secondary N) is 3. The van der Waals surface area contributed by atoms with Crippen LogP contribution in [0.5, 0.6) is 0 Å². The van der Waals surface area contributed by atoms with Crippen molar-refractivity contribution in [3.63, 3.8) is 0 Å². The van der Waals surface area contributed by atoms with Crippen LogP contribution >= 0.6 is 11.8 Å². The number of fused-ring (bicyclic) bond motifs is 1. The first-order valence-electron chi connectivity index (χ1n) is 9.17. The Kier molecular flexibility index (Phi) is 8.76. The van der Waals surface area contributed by atoms with Crippen molar-refractivity contribution in [2.75, 3.05) is 18.8 Å². The number of carbonyl (C=O) groups is 2. The summed E-state index contributed by atoms with van der Waals surface area (Å²) in [7, 11) is 0. The number of urea groups is 1. The zero-order valence-electron chi connectivity index (χ0n) is 14.6. The minimum Gasteiger partial charge on any atom is -0.356 e. The minimum atomic E-state index is -0.0440. The van der Waals surface area contributed by atoms with E-state index in [2.05, 4.69) is 26.0 Å². The van der Waals surface area contributed by atoms with Crippen molar-refractivity contribution in [3.05, 3.63) is 10.4 Å². The highest BCUT2D eigenvalue weighted by Gasteiger charge is 2.42. The van der Waals surface area contributed by atoms with Gasteiger partial charge in [-0.15, -0.1) is 0 Å². The van der Waals surface area contributed by atoms with Crippen LogP contribution in [0.25, 0.3) is 10.4 Å². The number of rotatable bonds is 12. The van der Waals surface area contributed by atoms with E-state index in [-0.39, 0.29) is 24.0 Å². The fraction of sp³-hybridized carbons (Fsp3) is 0.875. The Morgan fingerprint density at radius 2 is 2.08 bits per heavy atom. The molecule has 0 aliphatic carbocycles. The van der Waals surface area contributed by atoms with E-state index in [1.807, 2.05) is 11.8 Å². The molecule has 2 aliphatic heterocycles. The molecule has 0 aromatic carbocycles. The van der Waals surface area contributed by atoms with Crippen LogP contribution in [0.2, 0.25) is 0 Å². The topological polar surface area (TPSA) is 119 Å². The van der Waals surface area contributed by atoms with E-state index >= 15 is 0 Å². The number of amides is 3. The second kappa shape index (κ2) is 11.1. The number of hydrogen-bond acceptors (Lipinski definition) is 4. The van der Waals surface area contributed by atoms with E-state index in [1.54, 1.807) is 0 Å². The summed E-state index contributed by atoms with van der Waals surface area (Å²) in [5.41, 5.74) is 8.16. The van der Waals surface area contributed by atoms with Crippen LogP contribution in [0, 0.1) is 0 Å². The second-order valence-electron chi connectivity index (χ2n) is 6.59. The molecule has 3 N–H and O–H groups in total. The van der Waals surface area contributed by atoms with E-state index in [0.29, 0.717) is 18.2 Å². The van der Waals surface area contributed by atoms with Gasteiger partial charge in [-0.25, -0.2) is 4.79 Å². The van der Waals surface area contributed by atoms with Gasteiger partial charge in [0, 0.05) is 35.4 Å². The average molecular weight is 369 g/mol. The highest BCUT2D eigenvalue weighted by molar-refractivity contribution is 8.00. The summed E-state index contributed by atoms with van der Waals surface area (Å²) >= 11 is 1.92. The predicted molar refractivity (Wildman–Crippen MR) is 99.4 cm³/mol. The van der Waals surface area contributed by atoms with E-state index in [0.717, 1.165) is 57.2 Å². The molecule has 2 heterocycles. The molecule has 3 atom stereocenters. The summed E-state index contributed by atoms with van der Waals surface area (Å²) in [5, 5.41) is 12.9. The molecule has 3 amide bonds. The fourth-order valence-corrected chi connectivity index (χ4v) is 4.84. The van der Waals surface area contributed by atoms with Gasteiger partial charge in [0.25, 0.3) is 0 Å². The maximum atomic E-state index is 11.8. The summed E-state index contributed by atoms with van der Waals surface area (Å²) in [5.74, 6) is 1.11. The van der Waals surface area contributed by atoms with Crippen LogP contribution in [-0.2, 0) is 4.79 Å². The van der Waals surface area contributed by atoms with Crippen molar-refractivity contribution in [2.24, 2.45) is 5.11 Å². The summed E-state index contributed by atoms with van der Waals surface area (Å²) < 4.78 is 0. The van der Waals surface area contributed by atoms with E-state index in [1.165, 1.54) is 0 Å². The lowest BCUT2D eigenvalue weighted by molar-refractivity contribution is -0.121. The molecular formula is C16H28N6O2S. The average Bonchev–Trinajstić information content (AvgIpc) is 3.13. The number of nitrogens with zero attached hydrogens (tertiary/aromatic N) is 3. The molecule has 2 aliphatic rings. The van der Waals surface area contributed by atoms with Crippen molar-refractivity contribution in [3.8, 4) is 0 Å². The first-order chi connectivity index (χ1) is 12.2. The number of thioether (sulfide) groups is 1. The zero-order chi connectivity index (χ0) is 17.9. The van der Waals surface area contributed by atoms with E-state index in [9.17, 15) is 9.59 Å². The van der Waals surface area contributed by atoms with E-state index < -0.39 is 0 Å². The Bertz CT molecular complexity index is 497. The van der Waals surface area contributed by atoms with Crippen molar-refractivity contribution in [1.82, 2.24) is 16.0 Å². The van der Waals surface area contributed by atoms with Crippen LogP contribution in [0.4, 0.5) is 4.79 Å². The van der Waals surface area contributed by atoms with Crippen LogP contribution in [-0.4, -0.2) is 48.1 Å². The summed E-state index contributed by atoms with van der Waals surface area (Å²) in [6.45, 7) is 1.28. The highest BCUT2D eigenvalue weighted by Crippen LogP contribution is 2.33. The molecule has 0 spiro atoms. The van der Waals surface area contributed by atoms with Crippen LogP contribution in [0.15, 0.2) is 5.11 Å². The molecule has 8 nitrogen and oxygen atoms in total. The first kappa shape index (κ1) is 19.7. The van der Waals surface area contributed by atoms with Gasteiger partial charge >= 0.3 is 6.03 Å². The van der Waals surface area contributed by atoms with Crippen molar-refractivity contribution >= 4 is 23.7 Å². The van der Waals surface area contributed by atoms with Gasteiger partial charge in [0.2, 0.25) is 5.91 Å². The Morgan fingerprint density at radius 1 is 1.24 bits per heavy atom. The lowest BCUT2D eigenvalue weighted by Gasteiger charge is -2.16. The van der Waals surface area contributed by atoms with Gasteiger partial charge in [-0.1, -0.05) is 24.4 Å². The number of carbonyl (C=O) groups excluding carboxylic acids is 2. The predicted octanol–water partition coefficient (Wildman–Crippen LogP) is 2.70. The van der Waals surface area contributed by atoms with Gasteiger partial charge < -0.3 is 16.0 Å². The Morgan fingerprint density at radius 3 is 2.92 bits per heavy atom. The zero-order valence-corrected chi connectivity index (χ0v) is 15.4. The molecule has 0 aromatic rings. The molecular weight excluding hydrogens is 340 g/mol. The van der Waals surface area contributed by atoms with Gasteiger partial charge in [-0.05, 0) is 31.2 Å². The third-order valence-electron chi connectivity index (χ3n) is 4.65. The molecule has 2 rings (SSSR count). The lowest BCUT2D eigenvalue weighted by atomic mass is 10.0. The maximum absolute atomic E-state index is 11.8. The standard InChI is InChI=1S/C16H28N6O2S/c17-22-19-10-6-2-1-5-9-18-14(23)8-4-3-7-13-15-12(11-25-13)20-16(24)21-15/h12-13,15H,1-11H2,(H,18,23)(H2,20,21,24)/t12-,13+,15-/m1/s1. The van der Waals surface area contributed by atoms with Gasteiger partial charge in [-0.2, -0.15) is 11.8 Å². The molecule has 0 unspecified atom stereocenters. The Balaban J connectivity index is 1.42. The van der Waals surface area contributed by atoms with Crippen LogP contribution in [0.3, 0.4) is 0 Å². The normalized spacial score (nSPS) is 24.2.